The van der Waals surface area contributed by atoms with E-state index >= 15 is 0 Å². The fourth-order valence-electron chi connectivity index (χ4n) is 3.19. The molecule has 0 saturated carbocycles. The van der Waals surface area contributed by atoms with Crippen molar-refractivity contribution in [1.29, 1.82) is 0 Å². The molecule has 0 atom stereocenters. The van der Waals surface area contributed by atoms with E-state index in [-0.39, 0.29) is 24.1 Å². The Morgan fingerprint density at radius 1 is 1.08 bits per heavy atom. The van der Waals surface area contributed by atoms with Crippen LogP contribution in [0.15, 0.2) is 66.4 Å². The van der Waals surface area contributed by atoms with Crippen LogP contribution in [0.1, 0.15) is 17.0 Å². The molecule has 0 fully saturated rings. The summed E-state index contributed by atoms with van der Waals surface area (Å²) in [5.41, 5.74) is 2.65. The molecule has 9 nitrogen and oxygen atoms in total. The van der Waals surface area contributed by atoms with Crippen LogP contribution in [0.3, 0.4) is 0 Å². The molecule has 188 valence electrons. The van der Waals surface area contributed by atoms with Gasteiger partial charge in [-0.25, -0.2) is 0 Å². The lowest BCUT2D eigenvalue weighted by molar-refractivity contribution is -0.116. The summed E-state index contributed by atoms with van der Waals surface area (Å²) < 4.78 is 12.3. The van der Waals surface area contributed by atoms with Gasteiger partial charge in [0.2, 0.25) is 11.8 Å². The zero-order valence-electron chi connectivity index (χ0n) is 20.5. The third kappa shape index (κ3) is 7.47. The highest BCUT2D eigenvalue weighted by Crippen LogP contribution is 2.28. The number of nitrogens with one attached hydrogen (secondary N) is 2. The molecule has 36 heavy (non-hydrogen) atoms. The second-order valence-electron chi connectivity index (χ2n) is 7.67. The topological polar surface area (TPSA) is 107 Å². The number of methoxy groups -OCH3 is 2. The van der Waals surface area contributed by atoms with Crippen molar-refractivity contribution in [2.24, 2.45) is 0 Å². The van der Waals surface area contributed by atoms with E-state index in [1.165, 1.54) is 17.8 Å². The molecule has 3 rings (SSSR count). The zero-order valence-corrected chi connectivity index (χ0v) is 21.3. The second kappa shape index (κ2) is 13.1. The maximum absolute atomic E-state index is 12.4. The number of nitrogens with zero attached hydrogens (tertiary/aromatic N) is 3. The average Bonchev–Trinajstić information content (AvgIpc) is 3.27. The molecule has 0 aliphatic rings. The highest BCUT2D eigenvalue weighted by atomic mass is 32.2. The van der Waals surface area contributed by atoms with Gasteiger partial charge in [-0.15, -0.1) is 16.8 Å². The third-order valence-electron chi connectivity index (χ3n) is 5.03. The molecule has 0 unspecified atom stereocenters. The number of aromatic nitrogens is 3. The van der Waals surface area contributed by atoms with Gasteiger partial charge in [-0.1, -0.05) is 41.6 Å². The zero-order chi connectivity index (χ0) is 25.9. The Balaban J connectivity index is 1.56. The fraction of sp³-hybridized carbons (Fsp3) is 0.231. The van der Waals surface area contributed by atoms with Crippen LogP contribution in [0.25, 0.3) is 6.08 Å². The lowest BCUT2D eigenvalue weighted by Gasteiger charge is -2.09. The summed E-state index contributed by atoms with van der Waals surface area (Å²) in [6, 6.07) is 13.0. The number of carbonyl (C=O) groups is 2. The minimum absolute atomic E-state index is 0.146. The van der Waals surface area contributed by atoms with Gasteiger partial charge in [-0.2, -0.15) is 0 Å². The van der Waals surface area contributed by atoms with Crippen LogP contribution in [0.2, 0.25) is 0 Å². The number of allylic oxidation sites excluding steroid dienone is 1. The van der Waals surface area contributed by atoms with E-state index in [0.29, 0.717) is 29.0 Å². The summed E-state index contributed by atoms with van der Waals surface area (Å²) in [5.74, 6) is 1.49. The van der Waals surface area contributed by atoms with E-state index in [4.69, 9.17) is 9.47 Å². The van der Waals surface area contributed by atoms with Crippen LogP contribution in [-0.2, 0) is 22.7 Å². The number of anilines is 1. The molecule has 0 bridgehead atoms. The van der Waals surface area contributed by atoms with E-state index < -0.39 is 0 Å². The molecule has 2 amide bonds. The van der Waals surface area contributed by atoms with Gasteiger partial charge >= 0.3 is 0 Å². The van der Waals surface area contributed by atoms with Crippen molar-refractivity contribution in [2.75, 3.05) is 25.3 Å². The van der Waals surface area contributed by atoms with Crippen LogP contribution in [0.4, 0.5) is 5.69 Å². The molecule has 2 aromatic carbocycles. The van der Waals surface area contributed by atoms with Gasteiger partial charge in [0.25, 0.3) is 0 Å². The molecule has 0 saturated heterocycles. The monoisotopic (exact) mass is 507 g/mol. The number of carbonyl (C=O) groups excluding carboxylic acids is 2. The Bertz CT molecular complexity index is 1240. The predicted molar refractivity (Wildman–Crippen MR) is 141 cm³/mol. The minimum atomic E-state index is -0.287. The van der Waals surface area contributed by atoms with Crippen molar-refractivity contribution in [1.82, 2.24) is 20.1 Å². The summed E-state index contributed by atoms with van der Waals surface area (Å²) in [7, 11) is 3.12. The van der Waals surface area contributed by atoms with Gasteiger partial charge in [-0.05, 0) is 42.8 Å². The first-order valence-electron chi connectivity index (χ1n) is 11.1. The fourth-order valence-corrected chi connectivity index (χ4v) is 3.95. The number of amides is 2. The van der Waals surface area contributed by atoms with E-state index in [1.807, 2.05) is 41.8 Å². The molecular formula is C26H29N5O4S. The first-order chi connectivity index (χ1) is 17.4. The molecule has 3 aromatic rings. The minimum Gasteiger partial charge on any atom is -0.493 e. The van der Waals surface area contributed by atoms with Crippen LogP contribution in [-0.4, -0.2) is 46.6 Å². The van der Waals surface area contributed by atoms with E-state index in [1.54, 1.807) is 38.5 Å². The Morgan fingerprint density at radius 3 is 2.53 bits per heavy atom. The second-order valence-corrected chi connectivity index (χ2v) is 8.61. The molecule has 0 spiro atoms. The SMILES string of the molecule is C=CCn1c(CNC(=O)C=Cc2ccc(OC)c(OC)c2)nnc1SCC(=O)Nc1ccc(C)cc1. The van der Waals surface area contributed by atoms with E-state index in [2.05, 4.69) is 27.4 Å². The maximum atomic E-state index is 12.4. The average molecular weight is 508 g/mol. The van der Waals surface area contributed by atoms with Crippen molar-refractivity contribution in [3.8, 4) is 11.5 Å². The molecule has 2 N–H and O–H groups in total. The number of thioether (sulfide) groups is 1. The number of aryl methyl sites for hydroxylation is 1. The number of hydrogen-bond acceptors (Lipinski definition) is 7. The largest absolute Gasteiger partial charge is 0.493 e. The van der Waals surface area contributed by atoms with Gasteiger partial charge < -0.3 is 24.7 Å². The summed E-state index contributed by atoms with van der Waals surface area (Å²) in [6.45, 7) is 6.39. The number of benzene rings is 2. The van der Waals surface area contributed by atoms with Gasteiger partial charge in [0.05, 0.1) is 26.5 Å². The highest BCUT2D eigenvalue weighted by Gasteiger charge is 2.14. The maximum Gasteiger partial charge on any atom is 0.244 e. The normalized spacial score (nSPS) is 10.8. The van der Waals surface area contributed by atoms with Gasteiger partial charge in [-0.3, -0.25) is 9.59 Å². The Hall–Kier alpha value is -4.05. The molecule has 1 heterocycles. The molecular weight excluding hydrogens is 478 g/mol. The van der Waals surface area contributed by atoms with Gasteiger partial charge in [0.1, 0.15) is 0 Å². The quantitative estimate of drug-likeness (QED) is 0.218. The van der Waals surface area contributed by atoms with Crippen LogP contribution >= 0.6 is 11.8 Å². The molecule has 10 heteroatoms. The first-order valence-corrected chi connectivity index (χ1v) is 12.1. The van der Waals surface area contributed by atoms with Crippen LogP contribution < -0.4 is 20.1 Å². The highest BCUT2D eigenvalue weighted by molar-refractivity contribution is 7.99. The van der Waals surface area contributed by atoms with Crippen molar-refractivity contribution < 1.29 is 19.1 Å². The van der Waals surface area contributed by atoms with Crippen LogP contribution in [0.5, 0.6) is 11.5 Å². The predicted octanol–water partition coefficient (Wildman–Crippen LogP) is 3.85. The summed E-state index contributed by atoms with van der Waals surface area (Å²) in [4.78, 5) is 24.7. The van der Waals surface area contributed by atoms with E-state index in [0.717, 1.165) is 16.8 Å². The van der Waals surface area contributed by atoms with Crippen molar-refractivity contribution >= 4 is 35.3 Å². The van der Waals surface area contributed by atoms with Gasteiger partial charge in [0, 0.05) is 18.3 Å². The summed E-state index contributed by atoms with van der Waals surface area (Å²) >= 11 is 1.27. The Kier molecular flexibility index (Phi) is 9.70. The Morgan fingerprint density at radius 2 is 1.83 bits per heavy atom. The lowest BCUT2D eigenvalue weighted by atomic mass is 10.2. The van der Waals surface area contributed by atoms with Crippen molar-refractivity contribution in [2.45, 2.75) is 25.2 Å². The van der Waals surface area contributed by atoms with Crippen molar-refractivity contribution in [3.63, 3.8) is 0 Å². The number of ether oxygens (including phenoxy) is 2. The molecule has 0 radical (unpaired) electrons. The first kappa shape index (κ1) is 26.6. The number of rotatable bonds is 12. The smallest absolute Gasteiger partial charge is 0.244 e. The summed E-state index contributed by atoms with van der Waals surface area (Å²) in [5, 5.41) is 14.6. The number of hydrogen-bond donors (Lipinski definition) is 2. The van der Waals surface area contributed by atoms with Crippen molar-refractivity contribution in [3.05, 3.63) is 78.1 Å². The standard InChI is InChI=1S/C26H29N5O4S/c1-5-14-31-23(16-27-24(32)13-9-19-8-12-21(34-3)22(15-19)35-4)29-30-26(31)36-17-25(33)28-20-10-6-18(2)7-11-20/h5-13,15H,1,14,16-17H2,2-4H3,(H,27,32)(H,28,33). The molecule has 0 aliphatic carbocycles. The van der Waals surface area contributed by atoms with Crippen LogP contribution in [0, 0.1) is 6.92 Å². The third-order valence-corrected chi connectivity index (χ3v) is 6.00. The van der Waals surface area contributed by atoms with Gasteiger partial charge in [0.15, 0.2) is 22.5 Å². The molecule has 0 aliphatic heterocycles. The summed E-state index contributed by atoms with van der Waals surface area (Å²) in [6.07, 6.45) is 4.82. The molecule has 1 aromatic heterocycles. The van der Waals surface area contributed by atoms with E-state index in [9.17, 15) is 9.59 Å². The Labute approximate surface area is 214 Å². The lowest BCUT2D eigenvalue weighted by Crippen LogP contribution is -2.23.